The summed E-state index contributed by atoms with van der Waals surface area (Å²) in [5, 5.41) is 0. The normalized spacial score (nSPS) is 18.6. The number of ether oxygens (including phenoxy) is 1. The van der Waals surface area contributed by atoms with Crippen molar-refractivity contribution < 1.29 is 17.9 Å². The molecule has 2 heterocycles. The second-order valence-corrected chi connectivity index (χ2v) is 7.34. The molecule has 124 valence electrons. The van der Waals surface area contributed by atoms with Gasteiger partial charge in [-0.3, -0.25) is 4.79 Å². The van der Waals surface area contributed by atoms with Crippen LogP contribution in [0.5, 0.6) is 0 Å². The number of carbonyl (C=O) groups is 1. The van der Waals surface area contributed by atoms with E-state index in [0.29, 0.717) is 31.3 Å². The fourth-order valence-electron chi connectivity index (χ4n) is 2.57. The fourth-order valence-corrected chi connectivity index (χ4v) is 3.37. The van der Waals surface area contributed by atoms with E-state index in [1.165, 1.54) is 19.3 Å². The summed E-state index contributed by atoms with van der Waals surface area (Å²) in [6.45, 7) is 4.55. The summed E-state index contributed by atoms with van der Waals surface area (Å²) in [6, 6.07) is 1.42. The number of aromatic nitrogens is 1. The molecule has 0 aliphatic carbocycles. The van der Waals surface area contributed by atoms with Crippen LogP contribution >= 0.6 is 0 Å². The summed E-state index contributed by atoms with van der Waals surface area (Å²) in [5.74, 6) is 0.194. The van der Waals surface area contributed by atoms with E-state index in [2.05, 4.69) is 4.72 Å². The number of sulfonamides is 1. The van der Waals surface area contributed by atoms with Crippen molar-refractivity contribution >= 4 is 15.9 Å². The third kappa shape index (κ3) is 3.50. The molecule has 0 spiro atoms. The highest BCUT2D eigenvalue weighted by atomic mass is 32.2. The van der Waals surface area contributed by atoms with Crippen LogP contribution in [0.3, 0.4) is 0 Å². The molecule has 2 rings (SSSR count). The highest BCUT2D eigenvalue weighted by Crippen LogP contribution is 2.18. The molecule has 0 radical (unpaired) electrons. The van der Waals surface area contributed by atoms with Gasteiger partial charge in [-0.15, -0.1) is 0 Å². The van der Waals surface area contributed by atoms with Gasteiger partial charge in [-0.1, -0.05) is 0 Å². The van der Waals surface area contributed by atoms with Gasteiger partial charge in [0.25, 0.3) is 5.91 Å². The Hall–Kier alpha value is -1.38. The molecule has 7 nitrogen and oxygen atoms in total. The summed E-state index contributed by atoms with van der Waals surface area (Å²) < 4.78 is 32.8. The lowest BCUT2D eigenvalue weighted by atomic mass is 10.1. The predicted molar refractivity (Wildman–Crippen MR) is 82.2 cm³/mol. The van der Waals surface area contributed by atoms with Crippen molar-refractivity contribution in [2.45, 2.75) is 18.2 Å². The molecule has 0 saturated carbocycles. The first-order valence-electron chi connectivity index (χ1n) is 7.36. The van der Waals surface area contributed by atoms with Gasteiger partial charge in [0.05, 0.1) is 6.61 Å². The Labute approximate surface area is 131 Å². The fraction of sp³-hybridized carbons (Fsp3) is 0.643. The number of rotatable bonds is 6. The van der Waals surface area contributed by atoms with Gasteiger partial charge in [0.15, 0.2) is 0 Å². The Morgan fingerprint density at radius 2 is 2.27 bits per heavy atom. The van der Waals surface area contributed by atoms with E-state index in [1.54, 1.807) is 16.5 Å². The van der Waals surface area contributed by atoms with Crippen LogP contribution in [0.1, 0.15) is 23.8 Å². The molecule has 0 aromatic carbocycles. The summed E-state index contributed by atoms with van der Waals surface area (Å²) >= 11 is 0. The Morgan fingerprint density at radius 1 is 1.55 bits per heavy atom. The largest absolute Gasteiger partial charge is 0.381 e. The van der Waals surface area contributed by atoms with Gasteiger partial charge in [-0.25, -0.2) is 13.1 Å². The van der Waals surface area contributed by atoms with Crippen molar-refractivity contribution in [1.82, 2.24) is 14.2 Å². The molecule has 22 heavy (non-hydrogen) atoms. The third-order valence-electron chi connectivity index (χ3n) is 3.95. The van der Waals surface area contributed by atoms with Gasteiger partial charge < -0.3 is 14.2 Å². The second-order valence-electron chi connectivity index (χ2n) is 5.45. The lowest BCUT2D eigenvalue weighted by molar-refractivity contribution is 0.0721. The molecule has 0 bridgehead atoms. The van der Waals surface area contributed by atoms with E-state index < -0.39 is 10.0 Å². The summed E-state index contributed by atoms with van der Waals surface area (Å²) in [6.07, 6.45) is 2.40. The maximum absolute atomic E-state index is 12.7. The average Bonchev–Trinajstić information content (AvgIpc) is 3.13. The van der Waals surface area contributed by atoms with Crippen LogP contribution in [0.25, 0.3) is 0 Å². The SMILES string of the molecule is CCN(CC1CCOC1)C(=O)c1cc(S(=O)(=O)NC)cn1C. The molecule has 8 heteroatoms. The zero-order chi connectivity index (χ0) is 16.3. The van der Waals surface area contributed by atoms with Crippen LogP contribution in [0.15, 0.2) is 17.2 Å². The van der Waals surface area contributed by atoms with Gasteiger partial charge in [-0.05, 0) is 26.5 Å². The van der Waals surface area contributed by atoms with Crippen molar-refractivity contribution in [3.63, 3.8) is 0 Å². The van der Waals surface area contributed by atoms with Crippen molar-refractivity contribution in [2.24, 2.45) is 13.0 Å². The monoisotopic (exact) mass is 329 g/mol. The van der Waals surface area contributed by atoms with Gasteiger partial charge >= 0.3 is 0 Å². The van der Waals surface area contributed by atoms with Crippen LogP contribution in [-0.2, 0) is 21.8 Å². The number of hydrogen-bond donors (Lipinski definition) is 1. The molecule has 1 aromatic heterocycles. The van der Waals surface area contributed by atoms with Gasteiger partial charge in [-0.2, -0.15) is 0 Å². The molecule has 1 aromatic rings. The molecule has 1 amide bonds. The smallest absolute Gasteiger partial charge is 0.270 e. The van der Waals surface area contributed by atoms with E-state index in [0.717, 1.165) is 13.0 Å². The topological polar surface area (TPSA) is 80.6 Å². The number of hydrogen-bond acceptors (Lipinski definition) is 4. The minimum absolute atomic E-state index is 0.0982. The minimum atomic E-state index is -3.55. The van der Waals surface area contributed by atoms with Gasteiger partial charge in [0.1, 0.15) is 10.6 Å². The zero-order valence-corrected chi connectivity index (χ0v) is 14.0. The Kier molecular flexibility index (Phi) is 5.25. The summed E-state index contributed by atoms with van der Waals surface area (Å²) in [5.41, 5.74) is 0.370. The molecule has 1 aliphatic rings. The quantitative estimate of drug-likeness (QED) is 0.821. The van der Waals surface area contributed by atoms with E-state index >= 15 is 0 Å². The lowest BCUT2D eigenvalue weighted by Gasteiger charge is -2.23. The van der Waals surface area contributed by atoms with Crippen molar-refractivity contribution in [2.75, 3.05) is 33.4 Å². The molecule has 1 aliphatic heterocycles. The van der Waals surface area contributed by atoms with Gasteiger partial charge in [0, 0.05) is 38.9 Å². The van der Waals surface area contributed by atoms with E-state index in [-0.39, 0.29) is 10.8 Å². The van der Waals surface area contributed by atoms with Crippen LogP contribution < -0.4 is 4.72 Å². The minimum Gasteiger partial charge on any atom is -0.381 e. The molecule has 1 atom stereocenters. The maximum atomic E-state index is 12.7. The third-order valence-corrected chi connectivity index (χ3v) is 5.33. The molecular formula is C14H23N3O4S. The van der Waals surface area contributed by atoms with E-state index in [4.69, 9.17) is 4.74 Å². The average molecular weight is 329 g/mol. The van der Waals surface area contributed by atoms with Crippen molar-refractivity contribution in [3.05, 3.63) is 18.0 Å². The maximum Gasteiger partial charge on any atom is 0.270 e. The molecule has 1 saturated heterocycles. The molecular weight excluding hydrogens is 306 g/mol. The van der Waals surface area contributed by atoms with E-state index in [9.17, 15) is 13.2 Å². The summed E-state index contributed by atoms with van der Waals surface area (Å²) in [7, 11) is -0.525. The highest BCUT2D eigenvalue weighted by Gasteiger charge is 2.25. The Morgan fingerprint density at radius 3 is 2.82 bits per heavy atom. The van der Waals surface area contributed by atoms with Crippen molar-refractivity contribution in [1.29, 1.82) is 0 Å². The zero-order valence-electron chi connectivity index (χ0n) is 13.2. The summed E-state index contributed by atoms with van der Waals surface area (Å²) in [4.78, 5) is 14.5. The Balaban J connectivity index is 2.20. The van der Waals surface area contributed by atoms with Gasteiger partial charge in [0.2, 0.25) is 10.0 Å². The number of carbonyl (C=O) groups excluding carboxylic acids is 1. The first-order chi connectivity index (χ1) is 10.4. The first-order valence-corrected chi connectivity index (χ1v) is 8.84. The van der Waals surface area contributed by atoms with Crippen molar-refractivity contribution in [3.8, 4) is 0 Å². The number of nitrogens with one attached hydrogen (secondary N) is 1. The van der Waals surface area contributed by atoms with Crippen LogP contribution in [-0.4, -0.2) is 57.1 Å². The second kappa shape index (κ2) is 6.80. The molecule has 1 fully saturated rings. The molecule has 1 N–H and O–H groups in total. The van der Waals surface area contributed by atoms with Crippen LogP contribution in [0.4, 0.5) is 0 Å². The number of nitrogens with zero attached hydrogens (tertiary/aromatic N) is 2. The number of amides is 1. The lowest BCUT2D eigenvalue weighted by Crippen LogP contribution is -2.36. The van der Waals surface area contributed by atoms with E-state index in [1.807, 2.05) is 6.92 Å². The first kappa shape index (κ1) is 17.0. The van der Waals surface area contributed by atoms with Crippen LogP contribution in [0.2, 0.25) is 0 Å². The predicted octanol–water partition coefficient (Wildman–Crippen LogP) is 0.432. The van der Waals surface area contributed by atoms with Crippen LogP contribution in [0, 0.1) is 5.92 Å². The standard InChI is InChI=1S/C14H23N3O4S/c1-4-17(8-11-5-6-21-10-11)14(18)13-7-12(9-16(13)3)22(19,20)15-2/h7,9,11,15H,4-6,8,10H2,1-3H3. The Bertz CT molecular complexity index is 633. The highest BCUT2D eigenvalue weighted by molar-refractivity contribution is 7.89. The molecule has 1 unspecified atom stereocenters. The number of aryl methyl sites for hydroxylation is 1.